The number of non-ortho nitro benzene ring substituents is 1. The van der Waals surface area contributed by atoms with E-state index in [9.17, 15) is 25.0 Å². The summed E-state index contributed by atoms with van der Waals surface area (Å²) in [5, 5.41) is 23.6. The fourth-order valence-electron chi connectivity index (χ4n) is 4.70. The number of aromatic nitrogens is 2. The van der Waals surface area contributed by atoms with Crippen LogP contribution < -0.4 is 15.8 Å². The lowest BCUT2D eigenvalue weighted by atomic mass is 9.79. The van der Waals surface area contributed by atoms with Crippen LogP contribution in [0.3, 0.4) is 0 Å². The van der Waals surface area contributed by atoms with Gasteiger partial charge in [0.2, 0.25) is 11.9 Å². The van der Waals surface area contributed by atoms with Crippen molar-refractivity contribution in [3.8, 4) is 6.07 Å². The predicted molar refractivity (Wildman–Crippen MR) is 118 cm³/mol. The van der Waals surface area contributed by atoms with Crippen LogP contribution in [0.5, 0.6) is 0 Å². The minimum absolute atomic E-state index is 0.0405. The van der Waals surface area contributed by atoms with Gasteiger partial charge in [-0.3, -0.25) is 24.7 Å². The Kier molecular flexibility index (Phi) is 5.60. The minimum atomic E-state index is -1.30. The van der Waals surface area contributed by atoms with Crippen molar-refractivity contribution in [1.29, 1.82) is 5.26 Å². The third-order valence-corrected chi connectivity index (χ3v) is 6.29. The van der Waals surface area contributed by atoms with Crippen molar-refractivity contribution in [1.82, 2.24) is 9.97 Å². The lowest BCUT2D eigenvalue weighted by Crippen LogP contribution is -2.43. The van der Waals surface area contributed by atoms with Crippen LogP contribution in [-0.2, 0) is 4.79 Å². The first-order chi connectivity index (χ1) is 15.2. The van der Waals surface area contributed by atoms with Gasteiger partial charge in [-0.2, -0.15) is 10.2 Å². The SMILES string of the molecule is CC1CC(C)CN(c2nc3c(c(=O)[nH]2)C(c2cc([N+](=O)[O-])ccc2Cl)C(C#N)C(=O)N3)C1. The summed E-state index contributed by atoms with van der Waals surface area (Å²) in [6.45, 7) is 5.67. The monoisotopic (exact) mass is 456 g/mol. The Balaban J connectivity index is 1.87. The second-order valence-electron chi connectivity index (χ2n) is 8.54. The van der Waals surface area contributed by atoms with E-state index in [1.807, 2.05) is 11.0 Å². The molecular formula is C21H21ClN6O4. The zero-order valence-electron chi connectivity index (χ0n) is 17.5. The third kappa shape index (κ3) is 3.80. The highest BCUT2D eigenvalue weighted by molar-refractivity contribution is 6.31. The van der Waals surface area contributed by atoms with Crippen molar-refractivity contribution in [2.24, 2.45) is 17.8 Å². The zero-order chi connectivity index (χ0) is 23.2. The number of hydrogen-bond donors (Lipinski definition) is 2. The van der Waals surface area contributed by atoms with Gasteiger partial charge in [0.1, 0.15) is 11.7 Å². The lowest BCUT2D eigenvalue weighted by molar-refractivity contribution is -0.384. The summed E-state index contributed by atoms with van der Waals surface area (Å²) in [7, 11) is 0. The number of H-pyrrole nitrogens is 1. The molecule has 1 aromatic heterocycles. The number of rotatable bonds is 3. The highest BCUT2D eigenvalue weighted by Crippen LogP contribution is 2.42. The molecule has 2 N–H and O–H groups in total. The van der Waals surface area contributed by atoms with E-state index < -0.39 is 28.2 Å². The van der Waals surface area contributed by atoms with Crippen LogP contribution >= 0.6 is 11.6 Å². The summed E-state index contributed by atoms with van der Waals surface area (Å²) in [5.41, 5.74) is -0.571. The van der Waals surface area contributed by atoms with Gasteiger partial charge < -0.3 is 10.2 Å². The average molecular weight is 457 g/mol. The van der Waals surface area contributed by atoms with Gasteiger partial charge in [-0.1, -0.05) is 25.4 Å². The summed E-state index contributed by atoms with van der Waals surface area (Å²) < 4.78 is 0. The molecule has 11 heteroatoms. The molecule has 1 saturated heterocycles. The fourth-order valence-corrected chi connectivity index (χ4v) is 4.94. The van der Waals surface area contributed by atoms with Crippen LogP contribution in [0.15, 0.2) is 23.0 Å². The molecule has 3 heterocycles. The van der Waals surface area contributed by atoms with Crippen molar-refractivity contribution >= 4 is 35.0 Å². The summed E-state index contributed by atoms with van der Waals surface area (Å²) in [6, 6.07) is 5.64. The molecule has 4 atom stereocenters. The smallest absolute Gasteiger partial charge is 0.269 e. The number of aromatic amines is 1. The van der Waals surface area contributed by atoms with Crippen molar-refractivity contribution in [2.75, 3.05) is 23.3 Å². The average Bonchev–Trinajstić information content (AvgIpc) is 2.72. The number of nitrogens with zero attached hydrogens (tertiary/aromatic N) is 4. The molecule has 4 rings (SSSR count). The van der Waals surface area contributed by atoms with Gasteiger partial charge in [0, 0.05) is 36.2 Å². The van der Waals surface area contributed by atoms with Crippen molar-refractivity contribution < 1.29 is 9.72 Å². The Morgan fingerprint density at radius 1 is 1.28 bits per heavy atom. The van der Waals surface area contributed by atoms with Crippen LogP contribution in [0, 0.1) is 39.2 Å². The molecule has 0 radical (unpaired) electrons. The Labute approximate surface area is 188 Å². The molecule has 4 unspecified atom stereocenters. The van der Waals surface area contributed by atoms with Gasteiger partial charge in [0.05, 0.1) is 16.6 Å². The highest BCUT2D eigenvalue weighted by atomic mass is 35.5. The van der Waals surface area contributed by atoms with Gasteiger partial charge in [-0.25, -0.2) is 0 Å². The molecule has 1 amide bonds. The highest BCUT2D eigenvalue weighted by Gasteiger charge is 2.42. The number of hydrogen-bond acceptors (Lipinski definition) is 7. The molecule has 1 fully saturated rings. The second kappa shape index (κ2) is 8.24. The maximum Gasteiger partial charge on any atom is 0.269 e. The lowest BCUT2D eigenvalue weighted by Gasteiger charge is -2.36. The Bertz CT molecular complexity index is 1200. The molecule has 32 heavy (non-hydrogen) atoms. The van der Waals surface area contributed by atoms with E-state index in [-0.39, 0.29) is 27.7 Å². The predicted octanol–water partition coefficient (Wildman–Crippen LogP) is 3.04. The van der Waals surface area contributed by atoms with E-state index in [0.717, 1.165) is 6.42 Å². The number of benzene rings is 1. The van der Waals surface area contributed by atoms with Crippen LogP contribution in [0.4, 0.5) is 17.5 Å². The van der Waals surface area contributed by atoms with Gasteiger partial charge >= 0.3 is 0 Å². The fraction of sp³-hybridized carbons (Fsp3) is 0.429. The molecule has 0 saturated carbocycles. The number of carbonyl (C=O) groups is 1. The Hall–Kier alpha value is -3.45. The number of nitro benzene ring substituents is 1. The molecular weight excluding hydrogens is 436 g/mol. The molecule has 0 bridgehead atoms. The Morgan fingerprint density at radius 3 is 2.59 bits per heavy atom. The number of piperidine rings is 1. The second-order valence-corrected chi connectivity index (χ2v) is 8.95. The minimum Gasteiger partial charge on any atom is -0.342 e. The van der Waals surface area contributed by atoms with Crippen LogP contribution in [-0.4, -0.2) is 33.9 Å². The molecule has 10 nitrogen and oxygen atoms in total. The van der Waals surface area contributed by atoms with Gasteiger partial charge in [-0.15, -0.1) is 0 Å². The number of carbonyl (C=O) groups excluding carboxylic acids is 1. The number of amides is 1. The molecule has 2 aromatic rings. The number of fused-ring (bicyclic) bond motifs is 1. The van der Waals surface area contributed by atoms with E-state index in [1.165, 1.54) is 18.2 Å². The first kappa shape index (κ1) is 21.8. The summed E-state index contributed by atoms with van der Waals surface area (Å²) in [4.78, 5) is 45.9. The molecule has 166 valence electrons. The van der Waals surface area contributed by atoms with Gasteiger partial charge in [0.15, 0.2) is 0 Å². The maximum absolute atomic E-state index is 13.2. The molecule has 2 aliphatic heterocycles. The quantitative estimate of drug-likeness (QED) is 0.533. The zero-order valence-corrected chi connectivity index (χ0v) is 18.2. The van der Waals surface area contributed by atoms with Crippen molar-refractivity contribution in [3.63, 3.8) is 0 Å². The third-order valence-electron chi connectivity index (χ3n) is 5.94. The summed E-state index contributed by atoms with van der Waals surface area (Å²) in [5.74, 6) is -1.84. The molecule has 2 aliphatic rings. The maximum atomic E-state index is 13.2. The Morgan fingerprint density at radius 2 is 1.97 bits per heavy atom. The van der Waals surface area contributed by atoms with Crippen LogP contribution in [0.1, 0.15) is 37.3 Å². The topological polar surface area (TPSA) is 145 Å². The normalized spacial score (nSPS) is 24.9. The first-order valence-corrected chi connectivity index (χ1v) is 10.6. The first-order valence-electron chi connectivity index (χ1n) is 10.2. The van der Waals surface area contributed by atoms with Gasteiger partial charge in [0.25, 0.3) is 11.2 Å². The molecule has 1 aromatic carbocycles. The molecule has 0 spiro atoms. The van der Waals surface area contributed by atoms with Crippen LogP contribution in [0.2, 0.25) is 5.02 Å². The van der Waals surface area contributed by atoms with E-state index in [4.69, 9.17) is 11.6 Å². The standard InChI is InChI=1S/C21H21ClN6O4/c1-10-5-11(2)9-27(8-10)21-25-18-17(20(30)26-21)16(14(7-23)19(29)24-18)13-6-12(28(31)32)3-4-15(13)22/h3-4,6,10-11,14,16H,5,8-9H2,1-2H3,(H2,24,25,26,29,30). The number of nitrogens with one attached hydrogen (secondary N) is 2. The molecule has 0 aliphatic carbocycles. The van der Waals surface area contributed by atoms with Gasteiger partial charge in [-0.05, 0) is 29.9 Å². The van der Waals surface area contributed by atoms with Crippen LogP contribution in [0.25, 0.3) is 0 Å². The summed E-state index contributed by atoms with van der Waals surface area (Å²) in [6.07, 6.45) is 1.07. The van der Waals surface area contributed by atoms with E-state index in [0.29, 0.717) is 30.9 Å². The van der Waals surface area contributed by atoms with Crippen molar-refractivity contribution in [3.05, 3.63) is 54.8 Å². The number of nitriles is 1. The van der Waals surface area contributed by atoms with E-state index >= 15 is 0 Å². The number of halogens is 1. The summed E-state index contributed by atoms with van der Waals surface area (Å²) >= 11 is 6.30. The number of nitro groups is 1. The van der Waals surface area contributed by atoms with E-state index in [1.54, 1.807) is 0 Å². The number of anilines is 2. The van der Waals surface area contributed by atoms with E-state index in [2.05, 4.69) is 29.1 Å². The largest absolute Gasteiger partial charge is 0.342 e. The van der Waals surface area contributed by atoms with Crippen molar-refractivity contribution in [2.45, 2.75) is 26.2 Å².